The Morgan fingerprint density at radius 2 is 2.10 bits per heavy atom. The largest absolute Gasteiger partial charge is 0.395 e. The molecule has 0 heterocycles. The van der Waals surface area contributed by atoms with Crippen molar-refractivity contribution < 1.29 is 14.6 Å². The number of aliphatic hydroxyl groups is 1. The van der Waals surface area contributed by atoms with Gasteiger partial charge in [-0.2, -0.15) is 0 Å². The van der Waals surface area contributed by atoms with Gasteiger partial charge in [-0.05, 0) is 44.0 Å². The first-order chi connectivity index (χ1) is 10.2. The molecule has 0 aromatic heterocycles. The zero-order valence-corrected chi connectivity index (χ0v) is 12.3. The number of rotatable bonds is 5. The van der Waals surface area contributed by atoms with Gasteiger partial charge in [-0.3, -0.25) is 4.79 Å². The Morgan fingerprint density at radius 1 is 1.38 bits per heavy atom. The van der Waals surface area contributed by atoms with Crippen LogP contribution in [0, 0.1) is 11.8 Å². The smallest absolute Gasteiger partial charge is 0.251 e. The van der Waals surface area contributed by atoms with E-state index >= 15 is 0 Å². The Labute approximate surface area is 125 Å². The number of carbonyl (C=O) groups excluding carboxylic acids is 1. The minimum absolute atomic E-state index is 0.0511. The molecule has 112 valence electrons. The second-order valence-electron chi connectivity index (χ2n) is 5.07. The highest BCUT2D eigenvalue weighted by Gasteiger charge is 2.30. The molecule has 1 aliphatic rings. The van der Waals surface area contributed by atoms with Gasteiger partial charge in [0.25, 0.3) is 5.91 Å². The molecule has 0 spiro atoms. The first-order valence-corrected chi connectivity index (χ1v) is 7.35. The molecule has 0 radical (unpaired) electrons. The average molecular weight is 287 g/mol. The van der Waals surface area contributed by atoms with E-state index in [4.69, 9.17) is 9.84 Å². The Bertz CT molecular complexity index is 521. The Morgan fingerprint density at radius 3 is 2.71 bits per heavy atom. The molecule has 1 fully saturated rings. The fourth-order valence-corrected chi connectivity index (χ4v) is 2.25. The van der Waals surface area contributed by atoms with Crippen LogP contribution in [0.25, 0.3) is 0 Å². The molecule has 0 atom stereocenters. The van der Waals surface area contributed by atoms with Crippen LogP contribution in [0.5, 0.6) is 0 Å². The van der Waals surface area contributed by atoms with Crippen LogP contribution >= 0.6 is 0 Å². The van der Waals surface area contributed by atoms with Gasteiger partial charge in [-0.15, -0.1) is 0 Å². The van der Waals surface area contributed by atoms with E-state index in [-0.39, 0.29) is 18.6 Å². The summed E-state index contributed by atoms with van der Waals surface area (Å²) in [6.07, 6.45) is 2.55. The van der Waals surface area contributed by atoms with E-state index in [1.54, 1.807) is 12.1 Å². The lowest BCUT2D eigenvalue weighted by Gasteiger charge is -2.35. The summed E-state index contributed by atoms with van der Waals surface area (Å²) in [5.74, 6) is 5.74. The molecule has 2 N–H and O–H groups in total. The number of hydrogen-bond acceptors (Lipinski definition) is 3. The van der Waals surface area contributed by atoms with Crippen molar-refractivity contribution in [2.45, 2.75) is 38.3 Å². The number of nitrogens with one attached hydrogen (secondary N) is 1. The van der Waals surface area contributed by atoms with Gasteiger partial charge in [-0.1, -0.05) is 11.8 Å². The molecule has 1 saturated carbocycles. The zero-order chi connectivity index (χ0) is 15.1. The highest BCUT2D eigenvalue weighted by atomic mass is 16.5. The predicted octanol–water partition coefficient (Wildman–Crippen LogP) is 1.72. The second-order valence-corrected chi connectivity index (χ2v) is 5.07. The number of benzene rings is 1. The lowest BCUT2D eigenvalue weighted by atomic mass is 9.89. The third-order valence-corrected chi connectivity index (χ3v) is 3.45. The summed E-state index contributed by atoms with van der Waals surface area (Å²) in [6, 6.07) is 7.41. The molecule has 2 rings (SSSR count). The zero-order valence-electron chi connectivity index (χ0n) is 12.3. The van der Waals surface area contributed by atoms with Gasteiger partial charge in [-0.25, -0.2) is 0 Å². The second kappa shape index (κ2) is 7.82. The fraction of sp³-hybridized carbons (Fsp3) is 0.471. The van der Waals surface area contributed by atoms with Crippen molar-refractivity contribution in [3.05, 3.63) is 35.4 Å². The number of carbonyl (C=O) groups is 1. The Kier molecular flexibility index (Phi) is 5.79. The van der Waals surface area contributed by atoms with Crippen molar-refractivity contribution in [2.75, 3.05) is 13.2 Å². The molecule has 0 saturated heterocycles. The maximum Gasteiger partial charge on any atom is 0.251 e. The summed E-state index contributed by atoms with van der Waals surface area (Å²) in [6.45, 7) is 2.78. The highest BCUT2D eigenvalue weighted by Crippen LogP contribution is 2.23. The third-order valence-electron chi connectivity index (χ3n) is 3.45. The van der Waals surface area contributed by atoms with E-state index in [0.717, 1.165) is 25.0 Å². The van der Waals surface area contributed by atoms with Gasteiger partial charge in [0.2, 0.25) is 0 Å². The molecule has 4 heteroatoms. The molecule has 1 amide bonds. The summed E-state index contributed by atoms with van der Waals surface area (Å²) < 4.78 is 5.47. The van der Waals surface area contributed by atoms with Gasteiger partial charge in [0.1, 0.15) is 0 Å². The predicted molar refractivity (Wildman–Crippen MR) is 80.9 cm³/mol. The SMILES string of the molecule is CCOC1CC(NC(=O)c2ccc(C#CCCO)cc2)C1. The summed E-state index contributed by atoms with van der Waals surface area (Å²) in [5, 5.41) is 11.7. The summed E-state index contributed by atoms with van der Waals surface area (Å²) >= 11 is 0. The normalized spacial score (nSPS) is 20.1. The molecule has 0 bridgehead atoms. The lowest BCUT2D eigenvalue weighted by molar-refractivity contribution is -0.00862. The van der Waals surface area contributed by atoms with Gasteiger partial charge < -0.3 is 15.2 Å². The molecule has 1 aliphatic carbocycles. The molecule has 1 aromatic rings. The van der Waals surface area contributed by atoms with Gasteiger partial charge >= 0.3 is 0 Å². The standard InChI is InChI=1S/C17H21NO3/c1-2-21-16-11-15(12-16)18-17(20)14-8-6-13(7-9-14)5-3-4-10-19/h6-9,15-16,19H,2,4,10-12H2,1H3,(H,18,20). The molecular formula is C17H21NO3. The van der Waals surface area contributed by atoms with Gasteiger partial charge in [0.15, 0.2) is 0 Å². The fourth-order valence-electron chi connectivity index (χ4n) is 2.25. The van der Waals surface area contributed by atoms with E-state index in [9.17, 15) is 4.79 Å². The van der Waals surface area contributed by atoms with Crippen molar-refractivity contribution in [1.29, 1.82) is 0 Å². The summed E-state index contributed by atoms with van der Waals surface area (Å²) in [7, 11) is 0. The van der Waals surface area contributed by atoms with E-state index in [2.05, 4.69) is 17.2 Å². The van der Waals surface area contributed by atoms with Crippen LogP contribution in [0.2, 0.25) is 0 Å². The molecule has 1 aromatic carbocycles. The van der Waals surface area contributed by atoms with Gasteiger partial charge in [0, 0.05) is 30.2 Å². The maximum absolute atomic E-state index is 12.1. The number of aliphatic hydroxyl groups excluding tert-OH is 1. The minimum atomic E-state index is -0.0511. The van der Waals surface area contributed by atoms with E-state index in [1.807, 2.05) is 19.1 Å². The summed E-state index contributed by atoms with van der Waals surface area (Å²) in [5.41, 5.74) is 1.49. The van der Waals surface area contributed by atoms with E-state index in [0.29, 0.717) is 18.1 Å². The third kappa shape index (κ3) is 4.59. The van der Waals surface area contributed by atoms with Crippen LogP contribution in [-0.2, 0) is 4.74 Å². The number of amides is 1. The Balaban J connectivity index is 1.82. The molecule has 0 unspecified atom stereocenters. The quantitative estimate of drug-likeness (QED) is 0.811. The van der Waals surface area contributed by atoms with Crippen LogP contribution in [0.3, 0.4) is 0 Å². The first-order valence-electron chi connectivity index (χ1n) is 7.35. The monoisotopic (exact) mass is 287 g/mol. The van der Waals surface area contributed by atoms with Crippen molar-refractivity contribution in [3.8, 4) is 11.8 Å². The van der Waals surface area contributed by atoms with Crippen LogP contribution < -0.4 is 5.32 Å². The molecule has 4 nitrogen and oxygen atoms in total. The van der Waals surface area contributed by atoms with Crippen molar-refractivity contribution in [1.82, 2.24) is 5.32 Å². The number of ether oxygens (including phenoxy) is 1. The molecular weight excluding hydrogens is 266 g/mol. The first kappa shape index (κ1) is 15.6. The Hall–Kier alpha value is -1.83. The topological polar surface area (TPSA) is 58.6 Å². The van der Waals surface area contributed by atoms with Crippen LogP contribution in [0.1, 0.15) is 42.1 Å². The minimum Gasteiger partial charge on any atom is -0.395 e. The molecule has 0 aliphatic heterocycles. The van der Waals surface area contributed by atoms with Crippen LogP contribution in [-0.4, -0.2) is 36.4 Å². The lowest BCUT2D eigenvalue weighted by Crippen LogP contribution is -2.47. The van der Waals surface area contributed by atoms with Crippen LogP contribution in [0.4, 0.5) is 0 Å². The van der Waals surface area contributed by atoms with Crippen molar-refractivity contribution in [3.63, 3.8) is 0 Å². The molecule has 21 heavy (non-hydrogen) atoms. The van der Waals surface area contributed by atoms with Crippen LogP contribution in [0.15, 0.2) is 24.3 Å². The summed E-state index contributed by atoms with van der Waals surface area (Å²) in [4.78, 5) is 12.1. The van der Waals surface area contributed by atoms with Crippen molar-refractivity contribution >= 4 is 5.91 Å². The van der Waals surface area contributed by atoms with Crippen molar-refractivity contribution in [2.24, 2.45) is 0 Å². The average Bonchev–Trinajstić information content (AvgIpc) is 2.46. The van der Waals surface area contributed by atoms with E-state index < -0.39 is 0 Å². The van der Waals surface area contributed by atoms with Gasteiger partial charge in [0.05, 0.1) is 12.7 Å². The van der Waals surface area contributed by atoms with E-state index in [1.165, 1.54) is 0 Å². The maximum atomic E-state index is 12.1. The number of hydrogen-bond donors (Lipinski definition) is 2. The highest BCUT2D eigenvalue weighted by molar-refractivity contribution is 5.94.